The molecule has 5 nitrogen and oxygen atoms in total. The van der Waals surface area contributed by atoms with E-state index >= 15 is 0 Å². The van der Waals surface area contributed by atoms with E-state index in [0.29, 0.717) is 17.1 Å². The van der Waals surface area contributed by atoms with E-state index in [2.05, 4.69) is 41.5 Å². The molecule has 3 rings (SSSR count). The predicted octanol–water partition coefficient (Wildman–Crippen LogP) is 4.52. The number of sulfone groups is 1. The number of rotatable bonds is 7. The quantitative estimate of drug-likeness (QED) is 0.449. The predicted molar refractivity (Wildman–Crippen MR) is 112 cm³/mol. The molecule has 2 aromatic carbocycles. The number of hydrogen-bond donors (Lipinski definition) is 1. The lowest BCUT2D eigenvalue weighted by molar-refractivity contribution is -0.116. The molecule has 0 aliphatic carbocycles. The zero-order valence-electron chi connectivity index (χ0n) is 15.1. The average Bonchev–Trinajstić information content (AvgIpc) is 3.00. The van der Waals surface area contributed by atoms with Crippen molar-refractivity contribution in [1.29, 1.82) is 0 Å². The largest absolute Gasteiger partial charge is 0.302 e. The number of aromatic nitrogens is 1. The van der Waals surface area contributed by atoms with Gasteiger partial charge in [-0.25, -0.2) is 13.4 Å². The maximum Gasteiger partial charge on any atom is 0.226 e. The fraction of sp³-hybridized carbons (Fsp3) is 0.263. The Morgan fingerprint density at radius 1 is 1.19 bits per heavy atom. The molecule has 0 saturated heterocycles. The highest BCUT2D eigenvalue weighted by Crippen LogP contribution is 2.28. The number of thioether (sulfide) groups is 1. The highest BCUT2D eigenvalue weighted by Gasteiger charge is 2.12. The van der Waals surface area contributed by atoms with Crippen LogP contribution in [0.1, 0.15) is 18.4 Å². The minimum Gasteiger partial charge on any atom is -0.302 e. The number of nitrogens with zero attached hydrogens (tertiary/aromatic N) is 1. The van der Waals surface area contributed by atoms with Crippen LogP contribution < -0.4 is 5.32 Å². The normalized spacial score (nSPS) is 11.6. The Morgan fingerprint density at radius 2 is 1.93 bits per heavy atom. The van der Waals surface area contributed by atoms with Crippen molar-refractivity contribution in [3.05, 3.63) is 48.0 Å². The second-order valence-corrected chi connectivity index (χ2v) is 10.4. The second kappa shape index (κ2) is 8.41. The van der Waals surface area contributed by atoms with Crippen LogP contribution >= 0.6 is 23.1 Å². The first kappa shape index (κ1) is 19.9. The van der Waals surface area contributed by atoms with Gasteiger partial charge in [-0.3, -0.25) is 4.79 Å². The maximum absolute atomic E-state index is 12.1. The van der Waals surface area contributed by atoms with Crippen molar-refractivity contribution in [1.82, 2.24) is 4.98 Å². The molecule has 3 aromatic rings. The summed E-state index contributed by atoms with van der Waals surface area (Å²) in [7, 11) is -3.26. The first-order chi connectivity index (χ1) is 12.8. The number of benzene rings is 2. The van der Waals surface area contributed by atoms with Crippen LogP contribution in [0.5, 0.6) is 0 Å². The SMILES string of the molecule is Cc1ccc(SCCCC(=O)Nc2nc3ccc(S(C)(=O)=O)cc3s2)cc1. The van der Waals surface area contributed by atoms with E-state index in [-0.39, 0.29) is 10.8 Å². The number of fused-ring (bicyclic) bond motifs is 1. The van der Waals surface area contributed by atoms with E-state index in [1.807, 2.05) is 0 Å². The minimum atomic E-state index is -3.26. The second-order valence-electron chi connectivity index (χ2n) is 6.23. The van der Waals surface area contributed by atoms with Crippen LogP contribution in [-0.2, 0) is 14.6 Å². The third-order valence-corrected chi connectivity index (χ3v) is 7.01. The molecule has 1 aromatic heterocycles. The molecular formula is C19H20N2O3S3. The molecular weight excluding hydrogens is 400 g/mol. The van der Waals surface area contributed by atoms with Gasteiger partial charge in [0.1, 0.15) is 0 Å². The smallest absolute Gasteiger partial charge is 0.226 e. The lowest BCUT2D eigenvalue weighted by Gasteiger charge is -2.03. The third-order valence-electron chi connectivity index (χ3n) is 3.87. The van der Waals surface area contributed by atoms with Crippen LogP contribution in [-0.4, -0.2) is 31.3 Å². The van der Waals surface area contributed by atoms with Gasteiger partial charge in [0.15, 0.2) is 15.0 Å². The number of hydrogen-bond acceptors (Lipinski definition) is 6. The summed E-state index contributed by atoms with van der Waals surface area (Å²) in [6.45, 7) is 2.06. The number of nitrogens with one attached hydrogen (secondary N) is 1. The van der Waals surface area contributed by atoms with Crippen LogP contribution in [0, 0.1) is 6.92 Å². The van der Waals surface area contributed by atoms with Gasteiger partial charge in [-0.1, -0.05) is 29.0 Å². The number of carbonyl (C=O) groups is 1. The van der Waals surface area contributed by atoms with Crippen molar-refractivity contribution in [2.75, 3.05) is 17.3 Å². The molecule has 0 spiro atoms. The lowest BCUT2D eigenvalue weighted by atomic mass is 10.2. The fourth-order valence-electron chi connectivity index (χ4n) is 2.43. The summed E-state index contributed by atoms with van der Waals surface area (Å²) < 4.78 is 24.0. The molecule has 0 saturated carbocycles. The molecule has 0 unspecified atom stereocenters. The van der Waals surface area contributed by atoms with Gasteiger partial charge in [0.25, 0.3) is 0 Å². The summed E-state index contributed by atoms with van der Waals surface area (Å²) in [5.74, 6) is 0.788. The van der Waals surface area contributed by atoms with Gasteiger partial charge in [0.05, 0.1) is 15.1 Å². The number of anilines is 1. The van der Waals surface area contributed by atoms with E-state index in [9.17, 15) is 13.2 Å². The number of aryl methyl sites for hydroxylation is 1. The Morgan fingerprint density at radius 3 is 2.63 bits per heavy atom. The molecule has 0 aliphatic rings. The molecule has 0 radical (unpaired) electrons. The van der Waals surface area contributed by atoms with Gasteiger partial charge in [0, 0.05) is 17.6 Å². The monoisotopic (exact) mass is 420 g/mol. The van der Waals surface area contributed by atoms with Crippen LogP contribution in [0.15, 0.2) is 52.3 Å². The standard InChI is InChI=1S/C19H20N2O3S3/c1-13-5-7-14(8-6-13)25-11-3-4-18(22)21-19-20-16-10-9-15(27(2,23)24)12-17(16)26-19/h5-10,12H,3-4,11H2,1-2H3,(H,20,21,22). The summed E-state index contributed by atoms with van der Waals surface area (Å²) in [5.41, 5.74) is 1.91. The van der Waals surface area contributed by atoms with E-state index in [1.54, 1.807) is 23.9 Å². The summed E-state index contributed by atoms with van der Waals surface area (Å²) >= 11 is 3.02. The van der Waals surface area contributed by atoms with Crippen molar-refractivity contribution in [2.24, 2.45) is 0 Å². The maximum atomic E-state index is 12.1. The van der Waals surface area contributed by atoms with Crippen LogP contribution in [0.4, 0.5) is 5.13 Å². The van der Waals surface area contributed by atoms with Gasteiger partial charge >= 0.3 is 0 Å². The molecule has 1 amide bonds. The molecule has 0 atom stereocenters. The summed E-state index contributed by atoms with van der Waals surface area (Å²) in [5, 5.41) is 3.30. The number of carbonyl (C=O) groups excluding carboxylic acids is 1. The Bertz CT molecular complexity index is 1060. The molecule has 0 bridgehead atoms. The topological polar surface area (TPSA) is 76.1 Å². The van der Waals surface area contributed by atoms with Crippen molar-refractivity contribution in [3.8, 4) is 0 Å². The van der Waals surface area contributed by atoms with Gasteiger partial charge in [-0.15, -0.1) is 11.8 Å². The van der Waals surface area contributed by atoms with Gasteiger partial charge in [0.2, 0.25) is 5.91 Å². The summed E-state index contributed by atoms with van der Waals surface area (Å²) in [6, 6.07) is 13.1. The van der Waals surface area contributed by atoms with E-state index in [0.717, 1.165) is 16.9 Å². The molecule has 1 heterocycles. The number of amides is 1. The van der Waals surface area contributed by atoms with Crippen LogP contribution in [0.2, 0.25) is 0 Å². The summed E-state index contributed by atoms with van der Waals surface area (Å²) in [4.78, 5) is 17.9. The Hall–Kier alpha value is -1.90. The van der Waals surface area contributed by atoms with Crippen LogP contribution in [0.25, 0.3) is 10.2 Å². The molecule has 8 heteroatoms. The highest BCUT2D eigenvalue weighted by atomic mass is 32.2. The molecule has 0 aliphatic heterocycles. The molecule has 0 fully saturated rings. The van der Waals surface area contributed by atoms with E-state index in [4.69, 9.17) is 0 Å². The fourth-order valence-corrected chi connectivity index (χ4v) is 4.92. The first-order valence-electron chi connectivity index (χ1n) is 8.41. The van der Waals surface area contributed by atoms with E-state index in [1.165, 1.54) is 34.1 Å². The molecule has 27 heavy (non-hydrogen) atoms. The third kappa shape index (κ3) is 5.54. The van der Waals surface area contributed by atoms with Crippen molar-refractivity contribution in [2.45, 2.75) is 29.6 Å². The Labute approximate surface area is 167 Å². The zero-order valence-corrected chi connectivity index (χ0v) is 17.5. The van der Waals surface area contributed by atoms with Crippen molar-refractivity contribution >= 4 is 54.2 Å². The van der Waals surface area contributed by atoms with Gasteiger partial charge in [-0.05, 0) is 49.4 Å². The zero-order chi connectivity index (χ0) is 19.4. The lowest BCUT2D eigenvalue weighted by Crippen LogP contribution is -2.11. The minimum absolute atomic E-state index is 0.0816. The highest BCUT2D eigenvalue weighted by molar-refractivity contribution is 7.99. The molecule has 1 N–H and O–H groups in total. The van der Waals surface area contributed by atoms with Gasteiger partial charge < -0.3 is 5.32 Å². The van der Waals surface area contributed by atoms with Gasteiger partial charge in [-0.2, -0.15) is 0 Å². The van der Waals surface area contributed by atoms with Crippen molar-refractivity contribution in [3.63, 3.8) is 0 Å². The van der Waals surface area contributed by atoms with Crippen molar-refractivity contribution < 1.29 is 13.2 Å². The first-order valence-corrected chi connectivity index (χ1v) is 12.1. The summed E-state index contributed by atoms with van der Waals surface area (Å²) in [6.07, 6.45) is 2.36. The Balaban J connectivity index is 1.52. The number of thiazole rings is 1. The molecule has 142 valence electrons. The Kier molecular flexibility index (Phi) is 6.18. The van der Waals surface area contributed by atoms with Crippen LogP contribution in [0.3, 0.4) is 0 Å². The average molecular weight is 421 g/mol. The van der Waals surface area contributed by atoms with E-state index < -0.39 is 9.84 Å².